The maximum absolute atomic E-state index is 11.7. The smallest absolute Gasteiger partial charge is 0.138 e. The molecule has 13 heavy (non-hydrogen) atoms. The number of hydrogen-bond donors (Lipinski definition) is 0. The molecule has 0 aromatic rings. The van der Waals surface area contributed by atoms with Crippen molar-refractivity contribution in [1.29, 1.82) is 0 Å². The van der Waals surface area contributed by atoms with Crippen molar-refractivity contribution in [3.63, 3.8) is 0 Å². The van der Waals surface area contributed by atoms with Crippen LogP contribution in [0.1, 0.15) is 26.7 Å². The molecule has 1 aliphatic heterocycles. The van der Waals surface area contributed by atoms with Crippen LogP contribution in [0.15, 0.2) is 0 Å². The summed E-state index contributed by atoms with van der Waals surface area (Å²) in [4.78, 5) is 11.7. The molecule has 0 bridgehead atoms. The topological polar surface area (TPSA) is 17.1 Å². The summed E-state index contributed by atoms with van der Waals surface area (Å²) in [5.74, 6) is 1.05. The van der Waals surface area contributed by atoms with Gasteiger partial charge in [0.05, 0.1) is 27.2 Å². The van der Waals surface area contributed by atoms with Gasteiger partial charge >= 0.3 is 0 Å². The van der Waals surface area contributed by atoms with Crippen LogP contribution in [0.4, 0.5) is 0 Å². The summed E-state index contributed by atoms with van der Waals surface area (Å²) < 4.78 is 1.09. The lowest BCUT2D eigenvalue weighted by atomic mass is 9.87. The van der Waals surface area contributed by atoms with Crippen molar-refractivity contribution in [2.75, 3.05) is 27.2 Å². The van der Waals surface area contributed by atoms with Gasteiger partial charge in [0.1, 0.15) is 5.78 Å². The van der Waals surface area contributed by atoms with Gasteiger partial charge in [0.2, 0.25) is 0 Å². The Labute approximate surface area is 81.5 Å². The van der Waals surface area contributed by atoms with Gasteiger partial charge in [0, 0.05) is 24.7 Å². The second-order valence-electron chi connectivity index (χ2n) is 5.21. The molecule has 0 aliphatic carbocycles. The third-order valence-corrected chi connectivity index (χ3v) is 3.14. The number of quaternary nitrogens is 1. The zero-order valence-electron chi connectivity index (χ0n) is 9.34. The van der Waals surface area contributed by atoms with E-state index < -0.39 is 0 Å². The summed E-state index contributed by atoms with van der Waals surface area (Å²) in [6.45, 7) is 6.33. The predicted octanol–water partition coefficient (Wildman–Crippen LogP) is 1.70. The number of rotatable bonds is 2. The first-order chi connectivity index (χ1) is 5.92. The van der Waals surface area contributed by atoms with E-state index in [1.54, 1.807) is 0 Å². The summed E-state index contributed by atoms with van der Waals surface area (Å²) >= 11 is 0. The molecular weight excluding hydrogens is 162 g/mol. The Balaban J connectivity index is 2.46. The molecule has 2 nitrogen and oxygen atoms in total. The molecule has 1 heterocycles. The van der Waals surface area contributed by atoms with Gasteiger partial charge in [-0.25, -0.2) is 0 Å². The van der Waals surface area contributed by atoms with Gasteiger partial charge in [-0.05, 0) is 0 Å². The molecule has 1 saturated heterocycles. The Morgan fingerprint density at radius 2 is 1.69 bits per heavy atom. The van der Waals surface area contributed by atoms with Crippen LogP contribution in [0.25, 0.3) is 0 Å². The summed E-state index contributed by atoms with van der Waals surface area (Å²) in [5.41, 5.74) is 0. The number of carbonyl (C=O) groups excluding carboxylic acids is 1. The van der Waals surface area contributed by atoms with Crippen molar-refractivity contribution in [2.24, 2.45) is 11.8 Å². The molecule has 0 saturated carbocycles. The number of likely N-dealkylation sites (tertiary alicyclic amines) is 1. The molecule has 1 fully saturated rings. The van der Waals surface area contributed by atoms with E-state index in [0.717, 1.165) is 30.4 Å². The summed E-state index contributed by atoms with van der Waals surface area (Å²) in [5, 5.41) is 0. The monoisotopic (exact) mass is 184 g/mol. The average molecular weight is 184 g/mol. The van der Waals surface area contributed by atoms with Crippen LogP contribution in [-0.4, -0.2) is 37.5 Å². The molecule has 0 aromatic carbocycles. The maximum Gasteiger partial charge on any atom is 0.138 e. The Kier molecular flexibility index (Phi) is 3.12. The van der Waals surface area contributed by atoms with Crippen molar-refractivity contribution < 1.29 is 9.28 Å². The number of hydrogen-bond acceptors (Lipinski definition) is 1. The lowest BCUT2D eigenvalue weighted by Crippen LogP contribution is -2.47. The second-order valence-corrected chi connectivity index (χ2v) is 5.21. The molecule has 0 atom stereocenters. The van der Waals surface area contributed by atoms with E-state index in [4.69, 9.17) is 0 Å². The number of ketones is 1. The van der Waals surface area contributed by atoms with Gasteiger partial charge in [0.15, 0.2) is 0 Å². The minimum atomic E-state index is 0.221. The predicted molar refractivity (Wildman–Crippen MR) is 54.4 cm³/mol. The SMILES string of the molecule is CC(C)C(=O)C1CC[N+](C)(C)CC1. The standard InChI is InChI=1S/C11H22NO/c1-9(2)11(13)10-5-7-12(3,4)8-6-10/h9-10H,5-8H2,1-4H3/q+1. The molecule has 0 amide bonds. The minimum absolute atomic E-state index is 0.221. The zero-order chi connectivity index (χ0) is 10.1. The molecule has 76 valence electrons. The molecule has 0 N–H and O–H groups in total. The zero-order valence-corrected chi connectivity index (χ0v) is 9.34. The first-order valence-electron chi connectivity index (χ1n) is 5.28. The summed E-state index contributed by atoms with van der Waals surface area (Å²) in [6.07, 6.45) is 2.17. The van der Waals surface area contributed by atoms with Crippen molar-refractivity contribution in [1.82, 2.24) is 0 Å². The molecular formula is C11H22NO+. The number of Topliss-reactive ketones (excluding diaryl/α,β-unsaturated/α-hetero) is 1. The normalized spacial score (nSPS) is 23.5. The number of carbonyl (C=O) groups is 1. The minimum Gasteiger partial charge on any atom is -0.328 e. The van der Waals surface area contributed by atoms with Crippen LogP contribution >= 0.6 is 0 Å². The van der Waals surface area contributed by atoms with Crippen molar-refractivity contribution in [2.45, 2.75) is 26.7 Å². The highest BCUT2D eigenvalue weighted by molar-refractivity contribution is 5.82. The van der Waals surface area contributed by atoms with E-state index in [-0.39, 0.29) is 5.92 Å². The largest absolute Gasteiger partial charge is 0.328 e. The van der Waals surface area contributed by atoms with E-state index in [1.165, 1.54) is 0 Å². The van der Waals surface area contributed by atoms with Gasteiger partial charge in [-0.1, -0.05) is 13.8 Å². The van der Waals surface area contributed by atoms with Crippen molar-refractivity contribution in [3.8, 4) is 0 Å². The van der Waals surface area contributed by atoms with Gasteiger partial charge in [-0.15, -0.1) is 0 Å². The summed E-state index contributed by atoms with van der Waals surface area (Å²) in [7, 11) is 4.49. The molecule has 0 spiro atoms. The highest BCUT2D eigenvalue weighted by Crippen LogP contribution is 2.23. The van der Waals surface area contributed by atoms with E-state index in [2.05, 4.69) is 14.1 Å². The third kappa shape index (κ3) is 2.80. The van der Waals surface area contributed by atoms with Gasteiger partial charge in [0.25, 0.3) is 0 Å². The van der Waals surface area contributed by atoms with Crippen LogP contribution in [0, 0.1) is 11.8 Å². The van der Waals surface area contributed by atoms with Gasteiger partial charge in [-0.3, -0.25) is 4.79 Å². The fourth-order valence-electron chi connectivity index (χ4n) is 2.02. The van der Waals surface area contributed by atoms with Crippen LogP contribution in [0.5, 0.6) is 0 Å². The van der Waals surface area contributed by atoms with Crippen LogP contribution in [-0.2, 0) is 4.79 Å². The van der Waals surface area contributed by atoms with E-state index in [0.29, 0.717) is 11.7 Å². The van der Waals surface area contributed by atoms with E-state index in [1.807, 2.05) is 13.8 Å². The Bertz CT molecular complexity index is 186. The lowest BCUT2D eigenvalue weighted by Gasteiger charge is -2.37. The molecule has 2 heteroatoms. The molecule has 0 aromatic heterocycles. The van der Waals surface area contributed by atoms with Crippen LogP contribution < -0.4 is 0 Å². The van der Waals surface area contributed by atoms with E-state index >= 15 is 0 Å². The van der Waals surface area contributed by atoms with E-state index in [9.17, 15) is 4.79 Å². The quantitative estimate of drug-likeness (QED) is 0.597. The third-order valence-electron chi connectivity index (χ3n) is 3.14. The van der Waals surface area contributed by atoms with Crippen LogP contribution in [0.2, 0.25) is 0 Å². The molecule has 0 radical (unpaired) electrons. The first kappa shape index (κ1) is 10.7. The maximum atomic E-state index is 11.7. The second kappa shape index (κ2) is 3.79. The fourth-order valence-corrected chi connectivity index (χ4v) is 2.02. The van der Waals surface area contributed by atoms with Crippen molar-refractivity contribution in [3.05, 3.63) is 0 Å². The van der Waals surface area contributed by atoms with Gasteiger partial charge < -0.3 is 4.48 Å². The first-order valence-corrected chi connectivity index (χ1v) is 5.28. The number of piperidine rings is 1. The lowest BCUT2D eigenvalue weighted by molar-refractivity contribution is -0.895. The molecule has 0 unspecified atom stereocenters. The highest BCUT2D eigenvalue weighted by atomic mass is 16.1. The van der Waals surface area contributed by atoms with Gasteiger partial charge in [-0.2, -0.15) is 0 Å². The Morgan fingerprint density at radius 1 is 1.23 bits per heavy atom. The molecule has 1 rings (SSSR count). The summed E-state index contributed by atoms with van der Waals surface area (Å²) in [6, 6.07) is 0. The fraction of sp³-hybridized carbons (Fsp3) is 0.909. The number of nitrogens with zero attached hydrogens (tertiary/aromatic N) is 1. The molecule has 1 aliphatic rings. The Morgan fingerprint density at radius 3 is 2.08 bits per heavy atom. The average Bonchev–Trinajstić information content (AvgIpc) is 2.03. The van der Waals surface area contributed by atoms with Crippen LogP contribution in [0.3, 0.4) is 0 Å². The Hall–Kier alpha value is -0.370. The highest BCUT2D eigenvalue weighted by Gasteiger charge is 2.31. The van der Waals surface area contributed by atoms with Crippen molar-refractivity contribution >= 4 is 5.78 Å².